The maximum Gasteiger partial charge on any atom is 0.254 e. The molecule has 0 atom stereocenters. The van der Waals surface area contributed by atoms with Gasteiger partial charge in [0.15, 0.2) is 0 Å². The van der Waals surface area contributed by atoms with E-state index in [-0.39, 0.29) is 5.91 Å². The molecular weight excluding hydrogens is 226 g/mol. The van der Waals surface area contributed by atoms with Gasteiger partial charge in [-0.25, -0.2) is 0 Å². The average Bonchev–Trinajstić information content (AvgIpc) is 2.79. The van der Waals surface area contributed by atoms with Gasteiger partial charge in [0.2, 0.25) is 0 Å². The number of aromatic nitrogens is 2. The Hall–Kier alpha value is -1.81. The predicted octanol–water partition coefficient (Wildman–Crippen LogP) is 1.99. The number of rotatable bonds is 3. The summed E-state index contributed by atoms with van der Waals surface area (Å²) >= 11 is 5.83. The summed E-state index contributed by atoms with van der Waals surface area (Å²) < 4.78 is 0. The summed E-state index contributed by atoms with van der Waals surface area (Å²) in [6, 6.07) is 7.36. The molecule has 2 aromatic rings. The van der Waals surface area contributed by atoms with Crippen LogP contribution < -0.4 is 5.32 Å². The minimum atomic E-state index is -0.159. The molecule has 5 heteroatoms. The Morgan fingerprint density at radius 1 is 1.50 bits per heavy atom. The van der Waals surface area contributed by atoms with Gasteiger partial charge in [-0.1, -0.05) is 23.7 Å². The largest absolute Gasteiger partial charge is 0.348 e. The summed E-state index contributed by atoms with van der Waals surface area (Å²) in [5.41, 5.74) is 1.48. The molecule has 16 heavy (non-hydrogen) atoms. The maximum absolute atomic E-state index is 11.6. The van der Waals surface area contributed by atoms with Crippen LogP contribution in [0.25, 0.3) is 0 Å². The van der Waals surface area contributed by atoms with Gasteiger partial charge in [0, 0.05) is 17.8 Å². The average molecular weight is 236 g/mol. The Kier molecular flexibility index (Phi) is 3.22. The predicted molar refractivity (Wildman–Crippen MR) is 61.2 cm³/mol. The van der Waals surface area contributed by atoms with Crippen molar-refractivity contribution in [3.63, 3.8) is 0 Å². The molecule has 0 radical (unpaired) electrons. The fourth-order valence-corrected chi connectivity index (χ4v) is 1.52. The highest BCUT2D eigenvalue weighted by Crippen LogP contribution is 2.10. The number of nitrogens with zero attached hydrogens (tertiary/aromatic N) is 1. The van der Waals surface area contributed by atoms with Gasteiger partial charge >= 0.3 is 0 Å². The van der Waals surface area contributed by atoms with Crippen molar-refractivity contribution in [3.05, 3.63) is 52.8 Å². The van der Waals surface area contributed by atoms with Gasteiger partial charge in [0.1, 0.15) is 0 Å². The van der Waals surface area contributed by atoms with Crippen LogP contribution >= 0.6 is 11.6 Å². The molecule has 0 aliphatic rings. The summed E-state index contributed by atoms with van der Waals surface area (Å²) in [5.74, 6) is -0.159. The van der Waals surface area contributed by atoms with Crippen molar-refractivity contribution in [3.8, 4) is 0 Å². The summed E-state index contributed by atoms with van der Waals surface area (Å²) in [7, 11) is 0. The van der Waals surface area contributed by atoms with Crippen LogP contribution in [0.2, 0.25) is 5.02 Å². The van der Waals surface area contributed by atoms with Gasteiger partial charge in [-0.15, -0.1) is 0 Å². The quantitative estimate of drug-likeness (QED) is 0.855. The maximum atomic E-state index is 11.6. The van der Waals surface area contributed by atoms with Crippen LogP contribution in [0.3, 0.4) is 0 Å². The highest BCUT2D eigenvalue weighted by molar-refractivity contribution is 6.30. The molecule has 2 rings (SSSR count). The van der Waals surface area contributed by atoms with Gasteiger partial charge in [-0.2, -0.15) is 5.10 Å². The Labute approximate surface area is 97.6 Å². The third kappa shape index (κ3) is 2.61. The highest BCUT2D eigenvalue weighted by atomic mass is 35.5. The number of aromatic amines is 1. The van der Waals surface area contributed by atoms with Crippen molar-refractivity contribution in [1.82, 2.24) is 15.5 Å². The summed E-state index contributed by atoms with van der Waals surface area (Å²) in [5, 5.41) is 9.72. The zero-order valence-electron chi connectivity index (χ0n) is 8.40. The van der Waals surface area contributed by atoms with E-state index in [0.717, 1.165) is 5.56 Å². The molecule has 1 aromatic carbocycles. The summed E-state index contributed by atoms with van der Waals surface area (Å²) in [6.45, 7) is 0.449. The van der Waals surface area contributed by atoms with E-state index in [1.807, 2.05) is 18.2 Å². The Bertz CT molecular complexity index is 482. The summed E-state index contributed by atoms with van der Waals surface area (Å²) in [6.07, 6.45) is 3.03. The normalized spacial score (nSPS) is 10.1. The zero-order valence-corrected chi connectivity index (χ0v) is 9.16. The van der Waals surface area contributed by atoms with Crippen molar-refractivity contribution in [2.75, 3.05) is 0 Å². The lowest BCUT2D eigenvalue weighted by Crippen LogP contribution is -2.22. The first-order valence-electron chi connectivity index (χ1n) is 4.77. The standard InChI is InChI=1S/C11H10ClN3O/c12-10-3-1-2-8(4-10)5-13-11(16)9-6-14-15-7-9/h1-4,6-7H,5H2,(H,13,16)(H,14,15). The SMILES string of the molecule is O=C(NCc1cccc(Cl)c1)c1cn[nH]c1. The summed E-state index contributed by atoms with van der Waals surface area (Å²) in [4.78, 5) is 11.6. The molecular formula is C11H10ClN3O. The van der Waals surface area contributed by atoms with Gasteiger partial charge in [-0.3, -0.25) is 9.89 Å². The molecule has 4 nitrogen and oxygen atoms in total. The number of carbonyl (C=O) groups excluding carboxylic acids is 1. The minimum Gasteiger partial charge on any atom is -0.348 e. The smallest absolute Gasteiger partial charge is 0.254 e. The first kappa shape index (κ1) is 10.7. The van der Waals surface area contributed by atoms with E-state index in [4.69, 9.17) is 11.6 Å². The van der Waals surface area contributed by atoms with E-state index in [1.54, 1.807) is 12.3 Å². The molecule has 82 valence electrons. The molecule has 0 unspecified atom stereocenters. The van der Waals surface area contributed by atoms with Crippen molar-refractivity contribution in [2.45, 2.75) is 6.54 Å². The number of carbonyl (C=O) groups is 1. The van der Waals surface area contributed by atoms with E-state index in [0.29, 0.717) is 17.1 Å². The van der Waals surface area contributed by atoms with Crippen LogP contribution in [0.5, 0.6) is 0 Å². The number of halogens is 1. The number of H-pyrrole nitrogens is 1. The lowest BCUT2D eigenvalue weighted by molar-refractivity contribution is 0.0951. The highest BCUT2D eigenvalue weighted by Gasteiger charge is 2.05. The topological polar surface area (TPSA) is 57.8 Å². The van der Waals surface area contributed by atoms with Gasteiger partial charge in [0.05, 0.1) is 11.8 Å². The number of hydrogen-bond acceptors (Lipinski definition) is 2. The second-order valence-electron chi connectivity index (χ2n) is 3.30. The Balaban J connectivity index is 1.95. The fraction of sp³-hybridized carbons (Fsp3) is 0.0909. The molecule has 0 fully saturated rings. The van der Waals surface area contributed by atoms with Crippen LogP contribution in [-0.2, 0) is 6.54 Å². The molecule has 0 saturated heterocycles. The van der Waals surface area contributed by atoms with Gasteiger partial charge in [0.25, 0.3) is 5.91 Å². The van der Waals surface area contributed by atoms with E-state index >= 15 is 0 Å². The molecule has 1 amide bonds. The van der Waals surface area contributed by atoms with E-state index in [9.17, 15) is 4.79 Å². The van der Waals surface area contributed by atoms with E-state index in [1.165, 1.54) is 6.20 Å². The molecule has 0 bridgehead atoms. The molecule has 1 heterocycles. The number of nitrogens with one attached hydrogen (secondary N) is 2. The van der Waals surface area contributed by atoms with Crippen molar-refractivity contribution < 1.29 is 4.79 Å². The molecule has 0 aliphatic carbocycles. The number of amides is 1. The molecule has 0 aliphatic heterocycles. The molecule has 0 saturated carbocycles. The van der Waals surface area contributed by atoms with Crippen LogP contribution in [0, 0.1) is 0 Å². The van der Waals surface area contributed by atoms with E-state index in [2.05, 4.69) is 15.5 Å². The van der Waals surface area contributed by atoms with Gasteiger partial charge in [-0.05, 0) is 17.7 Å². The minimum absolute atomic E-state index is 0.159. The lowest BCUT2D eigenvalue weighted by Gasteiger charge is -2.03. The third-order valence-corrected chi connectivity index (χ3v) is 2.34. The van der Waals surface area contributed by atoms with Crippen molar-refractivity contribution >= 4 is 17.5 Å². The first-order valence-corrected chi connectivity index (χ1v) is 5.15. The fourth-order valence-electron chi connectivity index (χ4n) is 1.31. The Morgan fingerprint density at radius 2 is 2.38 bits per heavy atom. The van der Waals surface area contributed by atoms with Gasteiger partial charge < -0.3 is 5.32 Å². The molecule has 2 N–H and O–H groups in total. The first-order chi connectivity index (χ1) is 7.75. The lowest BCUT2D eigenvalue weighted by atomic mass is 10.2. The molecule has 1 aromatic heterocycles. The number of hydrogen-bond donors (Lipinski definition) is 2. The van der Waals surface area contributed by atoms with Crippen molar-refractivity contribution in [2.24, 2.45) is 0 Å². The van der Waals surface area contributed by atoms with E-state index < -0.39 is 0 Å². The zero-order chi connectivity index (χ0) is 11.4. The molecule has 0 spiro atoms. The van der Waals surface area contributed by atoms with Crippen LogP contribution in [-0.4, -0.2) is 16.1 Å². The van der Waals surface area contributed by atoms with Crippen LogP contribution in [0.15, 0.2) is 36.7 Å². The van der Waals surface area contributed by atoms with Crippen molar-refractivity contribution in [1.29, 1.82) is 0 Å². The third-order valence-electron chi connectivity index (χ3n) is 2.10. The number of benzene rings is 1. The second-order valence-corrected chi connectivity index (χ2v) is 3.74. The Morgan fingerprint density at radius 3 is 3.06 bits per heavy atom. The second kappa shape index (κ2) is 4.81. The van der Waals surface area contributed by atoms with Crippen LogP contribution in [0.1, 0.15) is 15.9 Å². The van der Waals surface area contributed by atoms with Crippen LogP contribution in [0.4, 0.5) is 0 Å². The monoisotopic (exact) mass is 235 g/mol.